The van der Waals surface area contributed by atoms with Crippen molar-refractivity contribution in [2.75, 3.05) is 18.8 Å². The smallest absolute Gasteiger partial charge is 0.264 e. The maximum absolute atomic E-state index is 12.1. The fraction of sp³-hybridized carbons (Fsp3) is 0.385. The molecule has 2 rings (SSSR count). The third-order valence-corrected chi connectivity index (χ3v) is 4.21. The van der Waals surface area contributed by atoms with Gasteiger partial charge < -0.3 is 16.4 Å². The lowest BCUT2D eigenvalue weighted by molar-refractivity contribution is -0.120. The Balaban J connectivity index is 2.26. The van der Waals surface area contributed by atoms with Crippen LogP contribution in [-0.4, -0.2) is 35.1 Å². The Labute approximate surface area is 125 Å². The number of anilines is 1. The Hall–Kier alpha value is -2.22. The Morgan fingerprint density at radius 1 is 1.24 bits per heavy atom. The number of amides is 2. The van der Waals surface area contributed by atoms with Crippen LogP contribution in [0.25, 0.3) is 10.2 Å². The van der Waals surface area contributed by atoms with Crippen LogP contribution < -0.4 is 16.4 Å². The molecule has 0 aliphatic rings. The normalized spacial score (nSPS) is 10.6. The molecule has 0 aliphatic carbocycles. The van der Waals surface area contributed by atoms with Crippen molar-refractivity contribution in [2.45, 2.75) is 20.8 Å². The molecule has 8 heteroatoms. The van der Waals surface area contributed by atoms with E-state index in [-0.39, 0.29) is 18.4 Å². The van der Waals surface area contributed by atoms with Gasteiger partial charge in [0.15, 0.2) is 0 Å². The van der Waals surface area contributed by atoms with Crippen LogP contribution >= 0.6 is 11.3 Å². The molecule has 0 aliphatic heterocycles. The van der Waals surface area contributed by atoms with Crippen molar-refractivity contribution < 1.29 is 9.59 Å². The summed E-state index contributed by atoms with van der Waals surface area (Å²) in [6.07, 6.45) is 0. The van der Waals surface area contributed by atoms with E-state index in [1.807, 2.05) is 20.8 Å². The lowest BCUT2D eigenvalue weighted by Crippen LogP contribution is -2.36. The molecule has 7 nitrogen and oxygen atoms in total. The van der Waals surface area contributed by atoms with Crippen molar-refractivity contribution >= 4 is 39.1 Å². The maximum Gasteiger partial charge on any atom is 0.264 e. The van der Waals surface area contributed by atoms with E-state index in [2.05, 4.69) is 20.8 Å². The summed E-state index contributed by atoms with van der Waals surface area (Å²) in [5.74, 6) is -0.615. The molecule has 21 heavy (non-hydrogen) atoms. The number of carbonyl (C=O) groups is 2. The predicted octanol–water partition coefficient (Wildman–Crippen LogP) is 0.756. The van der Waals surface area contributed by atoms with Crippen LogP contribution in [0, 0.1) is 13.8 Å². The van der Waals surface area contributed by atoms with Crippen LogP contribution in [0.3, 0.4) is 0 Å². The second-order valence-corrected chi connectivity index (χ2v) is 5.57. The highest BCUT2D eigenvalue weighted by atomic mass is 32.1. The molecule has 2 aromatic rings. The zero-order valence-electron chi connectivity index (χ0n) is 12.1. The minimum absolute atomic E-state index is 0.0793. The van der Waals surface area contributed by atoms with Crippen molar-refractivity contribution in [3.63, 3.8) is 0 Å². The predicted molar refractivity (Wildman–Crippen MR) is 82.3 cm³/mol. The SMILES string of the molecule is CCNC(=O)CNC(=O)c1sc2nnc(C)c(C)c2c1N. The first kappa shape index (κ1) is 15.2. The number of hydrogen-bond acceptors (Lipinski definition) is 6. The van der Waals surface area contributed by atoms with Crippen LogP contribution in [-0.2, 0) is 4.79 Å². The Morgan fingerprint density at radius 2 is 1.95 bits per heavy atom. The Bertz CT molecular complexity index is 710. The van der Waals surface area contributed by atoms with Gasteiger partial charge in [0, 0.05) is 11.9 Å². The number of nitrogen functional groups attached to an aromatic ring is 1. The number of thiophene rings is 1. The molecule has 2 heterocycles. The van der Waals surface area contributed by atoms with Gasteiger partial charge in [-0.2, -0.15) is 5.10 Å². The quantitative estimate of drug-likeness (QED) is 0.772. The van der Waals surface area contributed by atoms with Gasteiger partial charge in [-0.3, -0.25) is 9.59 Å². The third-order valence-electron chi connectivity index (χ3n) is 3.12. The molecule has 0 aromatic carbocycles. The number of hydrogen-bond donors (Lipinski definition) is 3. The molecule has 0 spiro atoms. The summed E-state index contributed by atoms with van der Waals surface area (Å²) in [6, 6.07) is 0. The van der Waals surface area contributed by atoms with Crippen LogP contribution in [0.4, 0.5) is 5.69 Å². The number of nitrogens with one attached hydrogen (secondary N) is 2. The van der Waals surface area contributed by atoms with E-state index in [4.69, 9.17) is 5.73 Å². The fourth-order valence-corrected chi connectivity index (χ4v) is 2.93. The van der Waals surface area contributed by atoms with E-state index in [0.717, 1.165) is 16.6 Å². The van der Waals surface area contributed by atoms with E-state index in [1.54, 1.807) is 0 Å². The molecular weight excluding hydrogens is 290 g/mol. The van der Waals surface area contributed by atoms with Crippen LogP contribution in [0.1, 0.15) is 27.9 Å². The number of carbonyl (C=O) groups excluding carboxylic acids is 2. The molecule has 0 atom stereocenters. The zero-order valence-corrected chi connectivity index (χ0v) is 12.9. The summed E-state index contributed by atoms with van der Waals surface area (Å²) in [7, 11) is 0. The molecule has 0 radical (unpaired) electrons. The van der Waals surface area contributed by atoms with Gasteiger partial charge in [-0.05, 0) is 26.3 Å². The fourth-order valence-electron chi connectivity index (χ4n) is 1.91. The second-order valence-electron chi connectivity index (χ2n) is 4.57. The average Bonchev–Trinajstić information content (AvgIpc) is 2.78. The zero-order chi connectivity index (χ0) is 15.6. The highest BCUT2D eigenvalue weighted by Crippen LogP contribution is 2.34. The van der Waals surface area contributed by atoms with Gasteiger partial charge in [-0.1, -0.05) is 0 Å². The van der Waals surface area contributed by atoms with Gasteiger partial charge in [0.1, 0.15) is 9.71 Å². The highest BCUT2D eigenvalue weighted by molar-refractivity contribution is 7.21. The molecular formula is C13H17N5O2S. The summed E-state index contributed by atoms with van der Waals surface area (Å²) < 4.78 is 0. The molecule has 0 fully saturated rings. The molecule has 2 aromatic heterocycles. The van der Waals surface area contributed by atoms with Crippen molar-refractivity contribution in [1.82, 2.24) is 20.8 Å². The van der Waals surface area contributed by atoms with Gasteiger partial charge in [0.2, 0.25) is 5.91 Å². The molecule has 0 unspecified atom stereocenters. The van der Waals surface area contributed by atoms with Crippen molar-refractivity contribution in [3.8, 4) is 0 Å². The van der Waals surface area contributed by atoms with Gasteiger partial charge in [0.05, 0.1) is 17.9 Å². The van der Waals surface area contributed by atoms with Crippen molar-refractivity contribution in [2.24, 2.45) is 0 Å². The lowest BCUT2D eigenvalue weighted by Gasteiger charge is -2.04. The van der Waals surface area contributed by atoms with E-state index in [1.165, 1.54) is 11.3 Å². The van der Waals surface area contributed by atoms with Gasteiger partial charge >= 0.3 is 0 Å². The number of nitrogens with zero attached hydrogens (tertiary/aromatic N) is 2. The number of fused-ring (bicyclic) bond motifs is 1. The topological polar surface area (TPSA) is 110 Å². The average molecular weight is 307 g/mol. The first-order valence-corrected chi connectivity index (χ1v) is 7.34. The van der Waals surface area contributed by atoms with E-state index in [0.29, 0.717) is 21.9 Å². The first-order chi connectivity index (χ1) is 9.95. The summed E-state index contributed by atoms with van der Waals surface area (Å²) in [4.78, 5) is 24.5. The summed E-state index contributed by atoms with van der Waals surface area (Å²) in [6.45, 7) is 5.99. The number of aromatic nitrogens is 2. The van der Waals surface area contributed by atoms with E-state index in [9.17, 15) is 9.59 Å². The van der Waals surface area contributed by atoms with Gasteiger partial charge in [0.25, 0.3) is 5.91 Å². The summed E-state index contributed by atoms with van der Waals surface area (Å²) >= 11 is 1.18. The van der Waals surface area contributed by atoms with Gasteiger partial charge in [-0.25, -0.2) is 0 Å². The van der Waals surface area contributed by atoms with Crippen molar-refractivity contribution in [3.05, 3.63) is 16.1 Å². The van der Waals surface area contributed by atoms with Gasteiger partial charge in [-0.15, -0.1) is 16.4 Å². The Kier molecular flexibility index (Phi) is 4.37. The monoisotopic (exact) mass is 307 g/mol. The maximum atomic E-state index is 12.1. The highest BCUT2D eigenvalue weighted by Gasteiger charge is 2.20. The molecule has 2 amide bonds. The standard InChI is InChI=1S/C13H17N5O2S/c1-4-15-8(19)5-16-12(20)11-10(14)9-6(2)7(3)17-18-13(9)21-11/h4-5,14H2,1-3H3,(H,15,19)(H,16,20). The number of rotatable bonds is 4. The van der Waals surface area contributed by atoms with Crippen LogP contribution in [0.15, 0.2) is 0 Å². The second kappa shape index (κ2) is 6.04. The van der Waals surface area contributed by atoms with E-state index >= 15 is 0 Å². The number of likely N-dealkylation sites (N-methyl/N-ethyl adjacent to an activating group) is 1. The Morgan fingerprint density at radius 3 is 2.62 bits per heavy atom. The minimum atomic E-state index is -0.376. The lowest BCUT2D eigenvalue weighted by atomic mass is 10.1. The number of aryl methyl sites for hydroxylation is 2. The number of nitrogens with two attached hydrogens (primary N) is 1. The summed E-state index contributed by atoms with van der Waals surface area (Å²) in [5.41, 5.74) is 8.14. The first-order valence-electron chi connectivity index (χ1n) is 6.52. The minimum Gasteiger partial charge on any atom is -0.397 e. The molecule has 4 N–H and O–H groups in total. The molecule has 0 bridgehead atoms. The largest absolute Gasteiger partial charge is 0.397 e. The molecule has 0 saturated carbocycles. The summed E-state index contributed by atoms with van der Waals surface area (Å²) in [5, 5.41) is 14.0. The van der Waals surface area contributed by atoms with Crippen LogP contribution in [0.2, 0.25) is 0 Å². The van der Waals surface area contributed by atoms with Crippen molar-refractivity contribution in [1.29, 1.82) is 0 Å². The molecule has 0 saturated heterocycles. The third kappa shape index (κ3) is 2.94. The van der Waals surface area contributed by atoms with Crippen LogP contribution in [0.5, 0.6) is 0 Å². The molecule has 112 valence electrons. The van der Waals surface area contributed by atoms with E-state index < -0.39 is 0 Å².